The summed E-state index contributed by atoms with van der Waals surface area (Å²) >= 11 is 0. The van der Waals surface area contributed by atoms with Crippen molar-refractivity contribution in [2.75, 3.05) is 0 Å². The molecule has 0 aromatic rings. The lowest BCUT2D eigenvalue weighted by molar-refractivity contribution is -0.240. The molecule has 0 amide bonds. The number of aliphatic hydroxyl groups is 1. The van der Waals surface area contributed by atoms with Crippen molar-refractivity contribution in [1.82, 2.24) is 0 Å². The smallest absolute Gasteiger partial charge is 0.160 e. The second kappa shape index (κ2) is 6.40. The molecule has 2 unspecified atom stereocenters. The van der Waals surface area contributed by atoms with Gasteiger partial charge in [-0.15, -0.1) is 0 Å². The van der Waals surface area contributed by atoms with E-state index in [1.54, 1.807) is 0 Å². The Kier molecular flexibility index (Phi) is 6.34. The molecule has 0 aliphatic rings. The van der Waals surface area contributed by atoms with Crippen LogP contribution >= 0.6 is 0 Å². The van der Waals surface area contributed by atoms with E-state index in [4.69, 9.17) is 9.47 Å². The Morgan fingerprint density at radius 3 is 2.00 bits per heavy atom. The van der Waals surface area contributed by atoms with E-state index in [9.17, 15) is 5.11 Å². The van der Waals surface area contributed by atoms with Gasteiger partial charge in [0.25, 0.3) is 0 Å². The van der Waals surface area contributed by atoms with Crippen LogP contribution in [0.1, 0.15) is 40.5 Å². The molecular formula is C9H20O3. The second-order valence-corrected chi connectivity index (χ2v) is 3.02. The molecule has 2 atom stereocenters. The Morgan fingerprint density at radius 1 is 1.08 bits per heavy atom. The van der Waals surface area contributed by atoms with Gasteiger partial charge in [-0.3, -0.25) is 0 Å². The summed E-state index contributed by atoms with van der Waals surface area (Å²) in [6, 6.07) is 0. The standard InChI is InChI=1S/C9H20O3/c1-5-8(10)12-9(6-2)11-7(3)4/h7-10H,5-6H2,1-4H3. The minimum atomic E-state index is -0.700. The molecule has 0 spiro atoms. The molecular weight excluding hydrogens is 156 g/mol. The maximum absolute atomic E-state index is 9.17. The lowest BCUT2D eigenvalue weighted by Crippen LogP contribution is -2.26. The third-order valence-electron chi connectivity index (χ3n) is 1.42. The van der Waals surface area contributed by atoms with Gasteiger partial charge in [-0.25, -0.2) is 0 Å². The Morgan fingerprint density at radius 2 is 1.67 bits per heavy atom. The van der Waals surface area contributed by atoms with Crippen LogP contribution in [0.2, 0.25) is 0 Å². The predicted molar refractivity (Wildman–Crippen MR) is 47.7 cm³/mol. The first kappa shape index (κ1) is 11.9. The summed E-state index contributed by atoms with van der Waals surface area (Å²) in [5.74, 6) is 0. The quantitative estimate of drug-likeness (QED) is 0.628. The molecule has 0 radical (unpaired) electrons. The highest BCUT2D eigenvalue weighted by atomic mass is 16.7. The second-order valence-electron chi connectivity index (χ2n) is 3.02. The molecule has 0 saturated heterocycles. The lowest BCUT2D eigenvalue weighted by Gasteiger charge is -2.21. The zero-order chi connectivity index (χ0) is 9.56. The first-order valence-electron chi connectivity index (χ1n) is 4.59. The van der Waals surface area contributed by atoms with Crippen molar-refractivity contribution in [2.24, 2.45) is 0 Å². The van der Waals surface area contributed by atoms with E-state index in [1.807, 2.05) is 27.7 Å². The average molecular weight is 176 g/mol. The average Bonchev–Trinajstić information content (AvgIpc) is 2.02. The normalized spacial score (nSPS) is 16.5. The highest BCUT2D eigenvalue weighted by molar-refractivity contribution is 4.46. The predicted octanol–water partition coefficient (Wildman–Crippen LogP) is 1.89. The number of ether oxygens (including phenoxy) is 2. The third kappa shape index (κ3) is 5.52. The maximum atomic E-state index is 9.17. The number of rotatable bonds is 6. The zero-order valence-electron chi connectivity index (χ0n) is 8.41. The van der Waals surface area contributed by atoms with E-state index in [0.29, 0.717) is 6.42 Å². The number of aliphatic hydroxyl groups excluding tert-OH is 1. The van der Waals surface area contributed by atoms with Gasteiger partial charge >= 0.3 is 0 Å². The van der Waals surface area contributed by atoms with Crippen LogP contribution < -0.4 is 0 Å². The van der Waals surface area contributed by atoms with Gasteiger partial charge in [-0.05, 0) is 26.7 Å². The fraction of sp³-hybridized carbons (Fsp3) is 1.00. The van der Waals surface area contributed by atoms with Gasteiger partial charge in [0.1, 0.15) is 0 Å². The van der Waals surface area contributed by atoms with Gasteiger partial charge in [-0.2, -0.15) is 0 Å². The topological polar surface area (TPSA) is 38.7 Å². The Hall–Kier alpha value is -0.120. The molecule has 0 saturated carbocycles. The van der Waals surface area contributed by atoms with Crippen molar-refractivity contribution in [1.29, 1.82) is 0 Å². The Labute approximate surface area is 74.7 Å². The molecule has 0 aromatic carbocycles. The van der Waals surface area contributed by atoms with E-state index in [-0.39, 0.29) is 12.4 Å². The summed E-state index contributed by atoms with van der Waals surface area (Å²) in [6.07, 6.45) is 0.514. The summed E-state index contributed by atoms with van der Waals surface area (Å²) in [4.78, 5) is 0. The lowest BCUT2D eigenvalue weighted by atomic mass is 10.4. The first-order valence-corrected chi connectivity index (χ1v) is 4.59. The molecule has 3 heteroatoms. The fourth-order valence-corrected chi connectivity index (χ4v) is 0.800. The summed E-state index contributed by atoms with van der Waals surface area (Å²) in [5, 5.41) is 9.17. The van der Waals surface area contributed by atoms with Gasteiger partial charge in [0, 0.05) is 0 Å². The molecule has 0 bridgehead atoms. The highest BCUT2D eigenvalue weighted by Gasteiger charge is 2.12. The largest absolute Gasteiger partial charge is 0.368 e. The summed E-state index contributed by atoms with van der Waals surface area (Å²) in [7, 11) is 0. The van der Waals surface area contributed by atoms with Crippen LogP contribution in [0, 0.1) is 0 Å². The summed E-state index contributed by atoms with van der Waals surface area (Å²) < 4.78 is 10.6. The Balaban J connectivity index is 3.66. The molecule has 0 rings (SSSR count). The molecule has 74 valence electrons. The van der Waals surface area contributed by atoms with Crippen molar-refractivity contribution in [3.8, 4) is 0 Å². The van der Waals surface area contributed by atoms with E-state index in [1.165, 1.54) is 0 Å². The van der Waals surface area contributed by atoms with Gasteiger partial charge < -0.3 is 14.6 Å². The minimum Gasteiger partial charge on any atom is -0.368 e. The van der Waals surface area contributed by atoms with E-state index >= 15 is 0 Å². The van der Waals surface area contributed by atoms with Gasteiger partial charge in [0.2, 0.25) is 0 Å². The van der Waals surface area contributed by atoms with Crippen molar-refractivity contribution in [3.05, 3.63) is 0 Å². The third-order valence-corrected chi connectivity index (χ3v) is 1.42. The number of hydrogen-bond donors (Lipinski definition) is 1. The number of hydrogen-bond acceptors (Lipinski definition) is 3. The van der Waals surface area contributed by atoms with Crippen LogP contribution in [-0.2, 0) is 9.47 Å². The highest BCUT2D eigenvalue weighted by Crippen LogP contribution is 2.07. The molecule has 1 N–H and O–H groups in total. The van der Waals surface area contributed by atoms with Crippen LogP contribution in [0.25, 0.3) is 0 Å². The van der Waals surface area contributed by atoms with E-state index in [2.05, 4.69) is 0 Å². The fourth-order valence-electron chi connectivity index (χ4n) is 0.800. The molecule has 0 aliphatic carbocycles. The summed E-state index contributed by atoms with van der Waals surface area (Å²) in [6.45, 7) is 7.73. The van der Waals surface area contributed by atoms with Crippen LogP contribution in [0.15, 0.2) is 0 Å². The van der Waals surface area contributed by atoms with E-state index < -0.39 is 6.29 Å². The zero-order valence-corrected chi connectivity index (χ0v) is 8.41. The van der Waals surface area contributed by atoms with Crippen molar-refractivity contribution in [2.45, 2.75) is 59.2 Å². The summed E-state index contributed by atoms with van der Waals surface area (Å²) in [5.41, 5.74) is 0. The SMILES string of the molecule is CCC(O)OC(CC)OC(C)C. The molecule has 0 heterocycles. The van der Waals surface area contributed by atoms with Crippen molar-refractivity contribution >= 4 is 0 Å². The van der Waals surface area contributed by atoms with Crippen molar-refractivity contribution < 1.29 is 14.6 Å². The molecule has 12 heavy (non-hydrogen) atoms. The molecule has 3 nitrogen and oxygen atoms in total. The van der Waals surface area contributed by atoms with Gasteiger partial charge in [0.05, 0.1) is 6.10 Å². The minimum absolute atomic E-state index is 0.138. The molecule has 0 fully saturated rings. The van der Waals surface area contributed by atoms with Crippen LogP contribution in [0.5, 0.6) is 0 Å². The van der Waals surface area contributed by atoms with Gasteiger partial charge in [0.15, 0.2) is 12.6 Å². The first-order chi connectivity index (χ1) is 5.60. The van der Waals surface area contributed by atoms with Crippen molar-refractivity contribution in [3.63, 3.8) is 0 Å². The Bertz CT molecular complexity index is 104. The van der Waals surface area contributed by atoms with Crippen LogP contribution in [-0.4, -0.2) is 23.8 Å². The molecule has 0 aromatic heterocycles. The maximum Gasteiger partial charge on any atom is 0.160 e. The van der Waals surface area contributed by atoms with Gasteiger partial charge in [-0.1, -0.05) is 13.8 Å². The monoisotopic (exact) mass is 176 g/mol. The molecule has 0 aliphatic heterocycles. The van der Waals surface area contributed by atoms with Crippen LogP contribution in [0.4, 0.5) is 0 Å². The van der Waals surface area contributed by atoms with E-state index in [0.717, 1.165) is 6.42 Å². The van der Waals surface area contributed by atoms with Crippen LogP contribution in [0.3, 0.4) is 0 Å².